The summed E-state index contributed by atoms with van der Waals surface area (Å²) in [6, 6.07) is 8.77. The van der Waals surface area contributed by atoms with Crippen LogP contribution < -0.4 is 15.4 Å². The Morgan fingerprint density at radius 2 is 2.35 bits per heavy atom. The molecule has 4 heteroatoms. The molecule has 0 amide bonds. The summed E-state index contributed by atoms with van der Waals surface area (Å²) in [5.74, 6) is 1.84. The van der Waals surface area contributed by atoms with E-state index in [2.05, 4.69) is 21.7 Å². The topological polar surface area (TPSA) is 46.2 Å². The predicted molar refractivity (Wildman–Crippen MR) is 82.4 cm³/mol. The lowest BCUT2D eigenvalue weighted by atomic mass is 10.1. The fraction of sp³-hybridized carbons (Fsp3) is 0.438. The van der Waals surface area contributed by atoms with Gasteiger partial charge in [0.15, 0.2) is 0 Å². The van der Waals surface area contributed by atoms with E-state index in [1.165, 1.54) is 12.8 Å². The maximum absolute atomic E-state index is 5.26. The third-order valence-corrected chi connectivity index (χ3v) is 3.92. The lowest BCUT2D eigenvalue weighted by Crippen LogP contribution is -2.24. The first-order valence-corrected chi connectivity index (χ1v) is 7.27. The van der Waals surface area contributed by atoms with E-state index in [1.54, 1.807) is 7.11 Å². The van der Waals surface area contributed by atoms with Crippen molar-refractivity contribution in [2.75, 3.05) is 25.5 Å². The Morgan fingerprint density at radius 1 is 1.40 bits per heavy atom. The molecule has 1 atom stereocenters. The average molecular weight is 271 g/mol. The van der Waals surface area contributed by atoms with E-state index in [0.717, 1.165) is 41.9 Å². The third-order valence-electron chi connectivity index (χ3n) is 3.92. The highest BCUT2D eigenvalue weighted by molar-refractivity contribution is 5.92. The first-order chi connectivity index (χ1) is 9.86. The van der Waals surface area contributed by atoms with Gasteiger partial charge in [-0.3, -0.25) is 0 Å². The number of nitrogens with one attached hydrogen (secondary N) is 2. The van der Waals surface area contributed by atoms with E-state index in [-0.39, 0.29) is 0 Å². The molecule has 0 spiro atoms. The quantitative estimate of drug-likeness (QED) is 0.878. The molecule has 0 saturated carbocycles. The lowest BCUT2D eigenvalue weighted by molar-refractivity contribution is 0.415. The van der Waals surface area contributed by atoms with Crippen molar-refractivity contribution in [3.8, 4) is 5.75 Å². The number of hydrogen-bond acceptors (Lipinski definition) is 4. The highest BCUT2D eigenvalue weighted by Crippen LogP contribution is 2.25. The lowest BCUT2D eigenvalue weighted by Gasteiger charge is -2.12. The Kier molecular flexibility index (Phi) is 4.02. The van der Waals surface area contributed by atoms with Gasteiger partial charge in [0.2, 0.25) is 0 Å². The highest BCUT2D eigenvalue weighted by Gasteiger charge is 2.13. The van der Waals surface area contributed by atoms with Gasteiger partial charge >= 0.3 is 0 Å². The number of methoxy groups -OCH3 is 1. The maximum Gasteiger partial charge on any atom is 0.133 e. The predicted octanol–water partition coefficient (Wildman–Crippen LogP) is 2.80. The first-order valence-electron chi connectivity index (χ1n) is 7.27. The average Bonchev–Trinajstić information content (AvgIpc) is 3.00. The Bertz CT molecular complexity index is 579. The van der Waals surface area contributed by atoms with Crippen molar-refractivity contribution < 1.29 is 4.74 Å². The van der Waals surface area contributed by atoms with Crippen molar-refractivity contribution >= 4 is 16.6 Å². The fourth-order valence-electron chi connectivity index (χ4n) is 2.79. The number of pyridine rings is 1. The SMILES string of the molecule is COc1ccc2c(NCC[C@@H]3CCCN3)nccc2c1. The summed E-state index contributed by atoms with van der Waals surface area (Å²) in [6.07, 6.45) is 5.59. The Hall–Kier alpha value is -1.81. The minimum absolute atomic E-state index is 0.664. The highest BCUT2D eigenvalue weighted by atomic mass is 16.5. The van der Waals surface area contributed by atoms with E-state index < -0.39 is 0 Å². The van der Waals surface area contributed by atoms with E-state index in [0.29, 0.717) is 6.04 Å². The zero-order valence-corrected chi connectivity index (χ0v) is 11.9. The largest absolute Gasteiger partial charge is 0.497 e. The third kappa shape index (κ3) is 2.85. The van der Waals surface area contributed by atoms with Crippen molar-refractivity contribution in [1.29, 1.82) is 0 Å². The van der Waals surface area contributed by atoms with Gasteiger partial charge in [0, 0.05) is 24.2 Å². The number of hydrogen-bond donors (Lipinski definition) is 2. The van der Waals surface area contributed by atoms with Gasteiger partial charge in [0.25, 0.3) is 0 Å². The minimum atomic E-state index is 0.664. The summed E-state index contributed by atoms with van der Waals surface area (Å²) >= 11 is 0. The second-order valence-corrected chi connectivity index (χ2v) is 5.26. The molecule has 106 valence electrons. The number of rotatable bonds is 5. The van der Waals surface area contributed by atoms with Gasteiger partial charge in [-0.15, -0.1) is 0 Å². The van der Waals surface area contributed by atoms with Crippen molar-refractivity contribution in [3.05, 3.63) is 30.5 Å². The minimum Gasteiger partial charge on any atom is -0.497 e. The summed E-state index contributed by atoms with van der Waals surface area (Å²) in [6.45, 7) is 2.12. The fourth-order valence-corrected chi connectivity index (χ4v) is 2.79. The van der Waals surface area contributed by atoms with Crippen molar-refractivity contribution in [1.82, 2.24) is 10.3 Å². The van der Waals surface area contributed by atoms with Crippen LogP contribution in [0.5, 0.6) is 5.75 Å². The smallest absolute Gasteiger partial charge is 0.133 e. The molecule has 1 aliphatic rings. The van der Waals surface area contributed by atoms with Gasteiger partial charge in [-0.05, 0) is 55.5 Å². The molecule has 1 fully saturated rings. The standard InChI is InChI=1S/C16H21N3O/c1-20-14-4-5-15-12(11-14)6-9-18-16(15)19-10-7-13-3-2-8-17-13/h4-6,9,11,13,17H,2-3,7-8,10H2,1H3,(H,18,19)/t13-/m0/s1. The molecule has 20 heavy (non-hydrogen) atoms. The molecule has 2 aromatic rings. The molecule has 0 radical (unpaired) electrons. The van der Waals surface area contributed by atoms with Crippen LogP contribution in [0.3, 0.4) is 0 Å². The molecule has 1 aromatic carbocycles. The molecule has 0 aliphatic carbocycles. The summed E-state index contributed by atoms with van der Waals surface area (Å²) in [5, 5.41) is 9.28. The van der Waals surface area contributed by atoms with Gasteiger partial charge in [-0.2, -0.15) is 0 Å². The Morgan fingerprint density at radius 3 is 3.15 bits per heavy atom. The van der Waals surface area contributed by atoms with Crippen LogP contribution in [0.15, 0.2) is 30.5 Å². The van der Waals surface area contributed by atoms with E-state index >= 15 is 0 Å². The summed E-state index contributed by atoms with van der Waals surface area (Å²) < 4.78 is 5.26. The normalized spacial score (nSPS) is 18.4. The maximum atomic E-state index is 5.26. The number of aromatic nitrogens is 1. The van der Waals surface area contributed by atoms with Crippen LogP contribution in [-0.2, 0) is 0 Å². The number of fused-ring (bicyclic) bond motifs is 1. The number of anilines is 1. The molecule has 2 heterocycles. The molecular formula is C16H21N3O. The van der Waals surface area contributed by atoms with Gasteiger partial charge in [-0.25, -0.2) is 4.98 Å². The molecule has 1 aromatic heterocycles. The van der Waals surface area contributed by atoms with Crippen LogP contribution in [0.4, 0.5) is 5.82 Å². The van der Waals surface area contributed by atoms with Crippen molar-refractivity contribution in [2.45, 2.75) is 25.3 Å². The van der Waals surface area contributed by atoms with Crippen LogP contribution in [0.1, 0.15) is 19.3 Å². The van der Waals surface area contributed by atoms with Gasteiger partial charge in [-0.1, -0.05) is 0 Å². The monoisotopic (exact) mass is 271 g/mol. The molecule has 4 nitrogen and oxygen atoms in total. The van der Waals surface area contributed by atoms with Gasteiger partial charge in [0.1, 0.15) is 11.6 Å². The van der Waals surface area contributed by atoms with E-state index in [4.69, 9.17) is 4.74 Å². The molecular weight excluding hydrogens is 250 g/mol. The molecule has 2 N–H and O–H groups in total. The second kappa shape index (κ2) is 6.09. The van der Waals surface area contributed by atoms with Crippen molar-refractivity contribution in [3.63, 3.8) is 0 Å². The van der Waals surface area contributed by atoms with Gasteiger partial charge in [0.05, 0.1) is 7.11 Å². The number of ether oxygens (including phenoxy) is 1. The van der Waals surface area contributed by atoms with E-state index in [1.807, 2.05) is 24.4 Å². The number of benzene rings is 1. The number of nitrogens with zero attached hydrogens (tertiary/aromatic N) is 1. The molecule has 1 aliphatic heterocycles. The summed E-state index contributed by atoms with van der Waals surface area (Å²) in [4.78, 5) is 4.45. The van der Waals surface area contributed by atoms with Crippen LogP contribution in [0.25, 0.3) is 10.8 Å². The first kappa shape index (κ1) is 13.2. The van der Waals surface area contributed by atoms with E-state index in [9.17, 15) is 0 Å². The molecule has 0 unspecified atom stereocenters. The Balaban J connectivity index is 1.70. The van der Waals surface area contributed by atoms with Crippen LogP contribution in [0.2, 0.25) is 0 Å². The van der Waals surface area contributed by atoms with Crippen LogP contribution in [-0.4, -0.2) is 31.2 Å². The molecule has 3 rings (SSSR count). The van der Waals surface area contributed by atoms with Crippen LogP contribution >= 0.6 is 0 Å². The van der Waals surface area contributed by atoms with Crippen LogP contribution in [0, 0.1) is 0 Å². The summed E-state index contributed by atoms with van der Waals surface area (Å²) in [7, 11) is 1.69. The Labute approximate surface area is 119 Å². The molecule has 1 saturated heterocycles. The zero-order chi connectivity index (χ0) is 13.8. The van der Waals surface area contributed by atoms with Gasteiger partial charge < -0.3 is 15.4 Å². The molecule has 0 bridgehead atoms. The summed E-state index contributed by atoms with van der Waals surface area (Å²) in [5.41, 5.74) is 0. The second-order valence-electron chi connectivity index (χ2n) is 5.26. The van der Waals surface area contributed by atoms with Crippen molar-refractivity contribution in [2.24, 2.45) is 0 Å². The zero-order valence-electron chi connectivity index (χ0n) is 11.9.